The van der Waals surface area contributed by atoms with Crippen LogP contribution in [0.2, 0.25) is 0 Å². The van der Waals surface area contributed by atoms with Gasteiger partial charge in [-0.1, -0.05) is 30.2 Å². The maximum absolute atomic E-state index is 2.29. The second-order valence-electron chi connectivity index (χ2n) is 3.11. The second-order valence-corrected chi connectivity index (χ2v) is 3.11. The second kappa shape index (κ2) is 3.05. The van der Waals surface area contributed by atoms with Crippen LogP contribution in [-0.2, 0) is 0 Å². The van der Waals surface area contributed by atoms with Gasteiger partial charge in [-0.15, -0.1) is 0 Å². The van der Waals surface area contributed by atoms with Crippen LogP contribution in [0.15, 0.2) is 23.3 Å². The Morgan fingerprint density at radius 2 is 2.20 bits per heavy atom. The molecule has 0 aromatic rings. The number of hydrogen-bond donors (Lipinski definition) is 0. The number of rotatable bonds is 1. The van der Waals surface area contributed by atoms with Crippen molar-refractivity contribution in [1.29, 1.82) is 0 Å². The van der Waals surface area contributed by atoms with E-state index in [9.17, 15) is 0 Å². The molecule has 0 aromatic carbocycles. The molecular weight excluding hydrogens is 120 g/mol. The van der Waals surface area contributed by atoms with Crippen molar-refractivity contribution < 1.29 is 0 Å². The first-order chi connectivity index (χ1) is 4.75. The van der Waals surface area contributed by atoms with Crippen molar-refractivity contribution in [1.82, 2.24) is 0 Å². The third-order valence-electron chi connectivity index (χ3n) is 2.52. The fourth-order valence-corrected chi connectivity index (χ4v) is 1.51. The average molecular weight is 136 g/mol. The Morgan fingerprint density at radius 3 is 2.70 bits per heavy atom. The van der Waals surface area contributed by atoms with E-state index >= 15 is 0 Å². The monoisotopic (exact) mass is 136 g/mol. The highest BCUT2D eigenvalue weighted by atomic mass is 14.2. The minimum absolute atomic E-state index is 0.824. The molecule has 0 aromatic heterocycles. The van der Waals surface area contributed by atoms with Crippen LogP contribution in [0.4, 0.5) is 0 Å². The van der Waals surface area contributed by atoms with Gasteiger partial charge in [0, 0.05) is 0 Å². The van der Waals surface area contributed by atoms with Gasteiger partial charge in [-0.2, -0.15) is 0 Å². The van der Waals surface area contributed by atoms with Crippen molar-refractivity contribution in [3.63, 3.8) is 0 Å². The van der Waals surface area contributed by atoms with Crippen molar-refractivity contribution in [2.75, 3.05) is 0 Å². The summed E-state index contributed by atoms with van der Waals surface area (Å²) in [6.07, 6.45) is 7.06. The molecule has 0 unspecified atom stereocenters. The van der Waals surface area contributed by atoms with Crippen LogP contribution in [0, 0.1) is 5.92 Å². The lowest BCUT2D eigenvalue weighted by Crippen LogP contribution is -2.03. The van der Waals surface area contributed by atoms with Gasteiger partial charge in [0.05, 0.1) is 0 Å². The molecule has 0 amide bonds. The van der Waals surface area contributed by atoms with Crippen LogP contribution in [-0.4, -0.2) is 0 Å². The highest BCUT2D eigenvalue weighted by molar-refractivity contribution is 5.28. The standard InChI is InChI=1S/C10H16/c1-4-10-7-5-6-8(2)9(10)3/h5-6,10H,4,7H2,1-3H3/t10-/m1/s1. The topological polar surface area (TPSA) is 0 Å². The summed E-state index contributed by atoms with van der Waals surface area (Å²) in [6, 6.07) is 0. The fraction of sp³-hybridized carbons (Fsp3) is 0.600. The van der Waals surface area contributed by atoms with Crippen LogP contribution in [0.5, 0.6) is 0 Å². The Morgan fingerprint density at radius 1 is 1.50 bits per heavy atom. The molecule has 0 radical (unpaired) electrons. The third-order valence-corrected chi connectivity index (χ3v) is 2.52. The molecule has 0 saturated carbocycles. The number of hydrogen-bond acceptors (Lipinski definition) is 0. The summed E-state index contributed by atoms with van der Waals surface area (Å²) in [4.78, 5) is 0. The summed E-state index contributed by atoms with van der Waals surface area (Å²) >= 11 is 0. The van der Waals surface area contributed by atoms with E-state index in [1.54, 1.807) is 5.57 Å². The quantitative estimate of drug-likeness (QED) is 0.518. The largest absolute Gasteiger partial charge is 0.0837 e. The molecule has 0 fully saturated rings. The zero-order valence-electron chi connectivity index (χ0n) is 7.15. The zero-order valence-corrected chi connectivity index (χ0v) is 7.15. The summed E-state index contributed by atoms with van der Waals surface area (Å²) in [5.74, 6) is 0.824. The molecule has 0 aliphatic heterocycles. The molecule has 0 spiro atoms. The molecule has 0 nitrogen and oxygen atoms in total. The van der Waals surface area contributed by atoms with E-state index in [1.165, 1.54) is 18.4 Å². The highest BCUT2D eigenvalue weighted by Crippen LogP contribution is 2.26. The van der Waals surface area contributed by atoms with Crippen LogP contribution in [0.1, 0.15) is 33.6 Å². The lowest BCUT2D eigenvalue weighted by atomic mass is 9.87. The van der Waals surface area contributed by atoms with Crippen molar-refractivity contribution >= 4 is 0 Å². The molecule has 0 N–H and O–H groups in total. The molecule has 56 valence electrons. The maximum atomic E-state index is 2.29. The van der Waals surface area contributed by atoms with E-state index < -0.39 is 0 Å². The van der Waals surface area contributed by atoms with Crippen LogP contribution >= 0.6 is 0 Å². The molecule has 1 aliphatic carbocycles. The zero-order chi connectivity index (χ0) is 7.56. The van der Waals surface area contributed by atoms with Gasteiger partial charge in [0.1, 0.15) is 0 Å². The lowest BCUT2D eigenvalue weighted by molar-refractivity contribution is 0.589. The van der Waals surface area contributed by atoms with E-state index in [-0.39, 0.29) is 0 Å². The minimum atomic E-state index is 0.824. The fourth-order valence-electron chi connectivity index (χ4n) is 1.51. The van der Waals surface area contributed by atoms with Gasteiger partial charge in [0.25, 0.3) is 0 Å². The lowest BCUT2D eigenvalue weighted by Gasteiger charge is -2.19. The Labute approximate surface area is 63.6 Å². The van der Waals surface area contributed by atoms with Gasteiger partial charge in [0.15, 0.2) is 0 Å². The van der Waals surface area contributed by atoms with Crippen LogP contribution < -0.4 is 0 Å². The maximum Gasteiger partial charge on any atom is -0.0168 e. The Hall–Kier alpha value is -0.520. The van der Waals surface area contributed by atoms with Crippen molar-refractivity contribution in [3.05, 3.63) is 23.3 Å². The molecule has 1 rings (SSSR count). The van der Waals surface area contributed by atoms with Gasteiger partial charge >= 0.3 is 0 Å². The molecule has 1 atom stereocenters. The highest BCUT2D eigenvalue weighted by Gasteiger charge is 2.10. The summed E-state index contributed by atoms with van der Waals surface area (Å²) in [6.45, 7) is 6.72. The molecular formula is C10H16. The molecule has 0 heterocycles. The Bertz CT molecular complexity index is 172. The predicted molar refractivity (Wildman–Crippen MR) is 45.9 cm³/mol. The van der Waals surface area contributed by atoms with Gasteiger partial charge in [-0.05, 0) is 32.6 Å². The molecule has 1 aliphatic rings. The van der Waals surface area contributed by atoms with Crippen LogP contribution in [0.3, 0.4) is 0 Å². The van der Waals surface area contributed by atoms with E-state index in [1.807, 2.05) is 0 Å². The predicted octanol–water partition coefficient (Wildman–Crippen LogP) is 3.31. The minimum Gasteiger partial charge on any atom is -0.0837 e. The van der Waals surface area contributed by atoms with Gasteiger partial charge in [0.2, 0.25) is 0 Å². The molecule has 0 bridgehead atoms. The SMILES string of the molecule is CC[C@@H]1CC=CC(C)=C1C. The summed E-state index contributed by atoms with van der Waals surface area (Å²) in [5.41, 5.74) is 3.06. The van der Waals surface area contributed by atoms with Crippen LogP contribution in [0.25, 0.3) is 0 Å². The smallest absolute Gasteiger partial charge is 0.0168 e. The van der Waals surface area contributed by atoms with Crippen molar-refractivity contribution in [2.24, 2.45) is 5.92 Å². The van der Waals surface area contributed by atoms with E-state index in [4.69, 9.17) is 0 Å². The van der Waals surface area contributed by atoms with E-state index in [0.29, 0.717) is 0 Å². The van der Waals surface area contributed by atoms with Gasteiger partial charge in [-0.25, -0.2) is 0 Å². The molecule has 0 saturated heterocycles. The Kier molecular flexibility index (Phi) is 2.31. The van der Waals surface area contributed by atoms with E-state index in [0.717, 1.165) is 5.92 Å². The number of allylic oxidation sites excluding steroid dienone is 4. The first-order valence-corrected chi connectivity index (χ1v) is 4.09. The van der Waals surface area contributed by atoms with Gasteiger partial charge < -0.3 is 0 Å². The molecule has 0 heteroatoms. The van der Waals surface area contributed by atoms with Gasteiger partial charge in [-0.3, -0.25) is 0 Å². The summed E-state index contributed by atoms with van der Waals surface area (Å²) < 4.78 is 0. The summed E-state index contributed by atoms with van der Waals surface area (Å²) in [7, 11) is 0. The molecule has 10 heavy (non-hydrogen) atoms. The first-order valence-electron chi connectivity index (χ1n) is 4.09. The van der Waals surface area contributed by atoms with Crippen molar-refractivity contribution in [2.45, 2.75) is 33.6 Å². The summed E-state index contributed by atoms with van der Waals surface area (Å²) in [5, 5.41) is 0. The normalized spacial score (nSPS) is 25.7. The Balaban J connectivity index is 2.77. The average Bonchev–Trinajstić information content (AvgIpc) is 1.95. The van der Waals surface area contributed by atoms with E-state index in [2.05, 4.69) is 32.9 Å². The first kappa shape index (κ1) is 7.59. The third kappa shape index (κ3) is 1.31. The van der Waals surface area contributed by atoms with Crippen molar-refractivity contribution in [3.8, 4) is 0 Å².